The van der Waals surface area contributed by atoms with Crippen molar-refractivity contribution in [2.75, 3.05) is 7.11 Å². The summed E-state index contributed by atoms with van der Waals surface area (Å²) in [6.45, 7) is 11.1. The van der Waals surface area contributed by atoms with Crippen LogP contribution in [0.4, 0.5) is 0 Å². The van der Waals surface area contributed by atoms with Gasteiger partial charge in [-0.1, -0.05) is 19.2 Å². The first-order chi connectivity index (χ1) is 12.7. The molecule has 0 radical (unpaired) electrons. The van der Waals surface area contributed by atoms with E-state index in [1.165, 1.54) is 0 Å². The Morgan fingerprint density at radius 3 is 2.81 bits per heavy atom. The van der Waals surface area contributed by atoms with Crippen molar-refractivity contribution in [2.45, 2.75) is 63.0 Å². The Hall–Kier alpha value is -1.96. The van der Waals surface area contributed by atoms with Gasteiger partial charge in [-0.2, -0.15) is 0 Å². The van der Waals surface area contributed by atoms with Crippen molar-refractivity contribution in [3.8, 4) is 0 Å². The molecular weight excluding hydrogens is 352 g/mol. The van der Waals surface area contributed by atoms with E-state index in [0.29, 0.717) is 18.4 Å². The molecule has 3 heterocycles. The zero-order valence-electron chi connectivity index (χ0n) is 15.7. The lowest BCUT2D eigenvalue weighted by Crippen LogP contribution is -2.39. The van der Waals surface area contributed by atoms with Crippen LogP contribution in [-0.4, -0.2) is 55.4 Å². The van der Waals surface area contributed by atoms with Crippen molar-refractivity contribution in [1.29, 1.82) is 0 Å². The Kier molecular flexibility index (Phi) is 4.29. The van der Waals surface area contributed by atoms with Crippen LogP contribution >= 0.6 is 0 Å². The van der Waals surface area contributed by atoms with Crippen LogP contribution in [0.15, 0.2) is 36.0 Å². The van der Waals surface area contributed by atoms with Crippen molar-refractivity contribution in [1.82, 2.24) is 0 Å². The molecule has 0 unspecified atom stereocenters. The first kappa shape index (κ1) is 18.4. The summed E-state index contributed by atoms with van der Waals surface area (Å²) in [6, 6.07) is 0. The van der Waals surface area contributed by atoms with Gasteiger partial charge in [0.15, 0.2) is 6.29 Å². The third kappa shape index (κ3) is 3.03. The van der Waals surface area contributed by atoms with Crippen molar-refractivity contribution in [3.05, 3.63) is 36.0 Å². The van der Waals surface area contributed by atoms with Crippen LogP contribution in [0, 0.1) is 5.92 Å². The summed E-state index contributed by atoms with van der Waals surface area (Å²) >= 11 is 0. The van der Waals surface area contributed by atoms with Gasteiger partial charge in [0, 0.05) is 31.1 Å². The third-order valence-electron chi connectivity index (χ3n) is 5.77. The smallest absolute Gasteiger partial charge is 0.334 e. The minimum absolute atomic E-state index is 0.172. The van der Waals surface area contributed by atoms with E-state index in [1.54, 1.807) is 14.0 Å². The van der Waals surface area contributed by atoms with Crippen LogP contribution in [0.3, 0.4) is 0 Å². The maximum atomic E-state index is 12.3. The van der Waals surface area contributed by atoms with Crippen LogP contribution in [0.5, 0.6) is 0 Å². The van der Waals surface area contributed by atoms with Crippen LogP contribution in [0.1, 0.15) is 26.7 Å². The topological polar surface area (TPSA) is 83.6 Å². The van der Waals surface area contributed by atoms with Crippen LogP contribution in [0.2, 0.25) is 0 Å². The van der Waals surface area contributed by atoms with Crippen molar-refractivity contribution in [3.63, 3.8) is 0 Å². The molecule has 27 heavy (non-hydrogen) atoms. The summed E-state index contributed by atoms with van der Waals surface area (Å²) in [5.74, 6) is -1.49. The highest BCUT2D eigenvalue weighted by Crippen LogP contribution is 2.51. The molecule has 4 aliphatic rings. The van der Waals surface area contributed by atoms with Gasteiger partial charge in [0.25, 0.3) is 0 Å². The fraction of sp³-hybridized carbons (Fsp3) is 0.600. The lowest BCUT2D eigenvalue weighted by Gasteiger charge is -2.28. The van der Waals surface area contributed by atoms with Gasteiger partial charge in [-0.15, -0.1) is 0 Å². The fourth-order valence-corrected chi connectivity index (χ4v) is 4.32. The van der Waals surface area contributed by atoms with Gasteiger partial charge in [0.2, 0.25) is 0 Å². The Morgan fingerprint density at radius 1 is 1.41 bits per heavy atom. The highest BCUT2D eigenvalue weighted by Gasteiger charge is 2.64. The first-order valence-corrected chi connectivity index (χ1v) is 9.06. The number of carbonyl (C=O) groups excluding carboxylic acids is 2. The number of hydrogen-bond donors (Lipinski definition) is 0. The standard InChI is InChI=1S/C20H24O7/c1-9(2)17(21)25-13-7-11-6-12(24-19(11)23-5)8-20(4)16(27-20)15-14(13)10(3)18(22)26-15/h6,12-16,19H,1,3,7-8H2,2,4-5H3/t12-,13+,14-,15+,16-,19+,20-/m1/s1. The summed E-state index contributed by atoms with van der Waals surface area (Å²) in [5.41, 5.74) is 0.964. The van der Waals surface area contributed by atoms with E-state index in [4.69, 9.17) is 23.7 Å². The molecule has 0 spiro atoms. The molecule has 2 bridgehead atoms. The van der Waals surface area contributed by atoms with Crippen molar-refractivity contribution < 1.29 is 33.3 Å². The summed E-state index contributed by atoms with van der Waals surface area (Å²) < 4.78 is 28.6. The molecule has 4 rings (SSSR count). The Bertz CT molecular complexity index is 753. The Morgan fingerprint density at radius 2 is 2.15 bits per heavy atom. The highest BCUT2D eigenvalue weighted by molar-refractivity contribution is 5.91. The number of methoxy groups -OCH3 is 1. The highest BCUT2D eigenvalue weighted by atomic mass is 16.7. The minimum Gasteiger partial charge on any atom is -0.458 e. The van der Waals surface area contributed by atoms with E-state index >= 15 is 0 Å². The largest absolute Gasteiger partial charge is 0.458 e. The summed E-state index contributed by atoms with van der Waals surface area (Å²) in [6.07, 6.45) is 0.794. The van der Waals surface area contributed by atoms with E-state index < -0.39 is 42.0 Å². The van der Waals surface area contributed by atoms with Crippen LogP contribution in [0.25, 0.3) is 0 Å². The van der Waals surface area contributed by atoms with Crippen molar-refractivity contribution >= 4 is 11.9 Å². The monoisotopic (exact) mass is 376 g/mol. The molecular formula is C20H24O7. The van der Waals surface area contributed by atoms with Gasteiger partial charge in [-0.05, 0) is 19.4 Å². The maximum Gasteiger partial charge on any atom is 0.334 e. The summed E-state index contributed by atoms with van der Waals surface area (Å²) in [7, 11) is 1.57. The molecule has 146 valence electrons. The average Bonchev–Trinajstić information content (AvgIpc) is 2.96. The number of rotatable bonds is 3. The molecule has 3 aliphatic heterocycles. The van der Waals surface area contributed by atoms with E-state index in [-0.39, 0.29) is 17.8 Å². The normalized spacial score (nSPS) is 42.6. The zero-order chi connectivity index (χ0) is 19.5. The molecule has 1 aliphatic carbocycles. The number of esters is 2. The molecule has 0 amide bonds. The lowest BCUT2D eigenvalue weighted by molar-refractivity contribution is -0.149. The second kappa shape index (κ2) is 6.29. The molecule has 7 heteroatoms. The SMILES string of the molecule is C=C(C)C(=O)O[C@H]1CC2=C[C@H](C[C@@]3(C)O[C@@H]3[C@H]3OC(=O)C(=C)[C@@H]31)O[C@@H]2OC. The summed E-state index contributed by atoms with van der Waals surface area (Å²) in [4.78, 5) is 24.5. The summed E-state index contributed by atoms with van der Waals surface area (Å²) in [5, 5.41) is 0. The zero-order valence-corrected chi connectivity index (χ0v) is 15.7. The molecule has 2 fully saturated rings. The maximum absolute atomic E-state index is 12.3. The van der Waals surface area contributed by atoms with Gasteiger partial charge in [-0.3, -0.25) is 0 Å². The van der Waals surface area contributed by atoms with Gasteiger partial charge in [0.05, 0.1) is 17.6 Å². The molecule has 0 aromatic heterocycles. The van der Waals surface area contributed by atoms with Crippen LogP contribution in [-0.2, 0) is 33.3 Å². The number of fused-ring (bicyclic) bond motifs is 4. The van der Waals surface area contributed by atoms with Crippen molar-refractivity contribution in [2.24, 2.45) is 5.92 Å². The molecule has 0 saturated carbocycles. The number of hydrogen-bond acceptors (Lipinski definition) is 7. The predicted octanol–water partition coefficient (Wildman–Crippen LogP) is 1.82. The molecule has 7 atom stereocenters. The average molecular weight is 376 g/mol. The third-order valence-corrected chi connectivity index (χ3v) is 5.77. The number of carbonyl (C=O) groups is 2. The van der Waals surface area contributed by atoms with Gasteiger partial charge >= 0.3 is 11.9 Å². The molecule has 7 nitrogen and oxygen atoms in total. The Balaban J connectivity index is 1.72. The Labute approximate surface area is 157 Å². The number of ether oxygens (including phenoxy) is 5. The molecule has 0 aromatic carbocycles. The minimum atomic E-state index is -0.657. The first-order valence-electron chi connectivity index (χ1n) is 9.06. The molecule has 2 saturated heterocycles. The predicted molar refractivity (Wildman–Crippen MR) is 93.5 cm³/mol. The van der Waals surface area contributed by atoms with Gasteiger partial charge in [0.1, 0.15) is 18.3 Å². The van der Waals surface area contributed by atoms with E-state index in [2.05, 4.69) is 13.2 Å². The van der Waals surface area contributed by atoms with E-state index in [0.717, 1.165) is 5.57 Å². The second-order valence-electron chi connectivity index (χ2n) is 7.89. The second-order valence-corrected chi connectivity index (χ2v) is 7.89. The van der Waals surface area contributed by atoms with E-state index in [9.17, 15) is 9.59 Å². The molecule has 0 aromatic rings. The fourth-order valence-electron chi connectivity index (χ4n) is 4.32. The van der Waals surface area contributed by atoms with E-state index in [1.807, 2.05) is 13.0 Å². The van der Waals surface area contributed by atoms with Gasteiger partial charge < -0.3 is 23.7 Å². The molecule has 0 N–H and O–H groups in total. The van der Waals surface area contributed by atoms with Crippen LogP contribution < -0.4 is 0 Å². The lowest BCUT2D eigenvalue weighted by atomic mass is 9.82. The number of epoxide rings is 1. The van der Waals surface area contributed by atoms with Gasteiger partial charge in [-0.25, -0.2) is 9.59 Å². The quantitative estimate of drug-likeness (QED) is 0.321.